The first-order valence-electron chi connectivity index (χ1n) is 9.80. The van der Waals surface area contributed by atoms with Crippen LogP contribution >= 0.6 is 0 Å². The highest BCUT2D eigenvalue weighted by Gasteiger charge is 2.37. The van der Waals surface area contributed by atoms with Crippen molar-refractivity contribution in [2.24, 2.45) is 5.92 Å². The number of aryl methyl sites for hydroxylation is 1. The van der Waals surface area contributed by atoms with Crippen molar-refractivity contribution in [2.45, 2.75) is 25.8 Å². The Bertz CT molecular complexity index is 1150. The number of nitrogens with zero attached hydrogens (tertiary/aromatic N) is 3. The number of carbonyl (C=O) groups excluding carboxylic acids is 1. The standard InChI is InChI=1S/C22H21FN4O2/c1-13-2-3-16(18(23)8-13)21(28)26-10-14-9-15(12-26)19-5-4-17(20-24-6-7-25-20)22(29)27(19)11-14/h2-8,14-15H,9-12H2,1H3,(H,24,25)/t14-,15+/m0/s1. The monoisotopic (exact) mass is 392 g/mol. The molecule has 4 heterocycles. The van der Waals surface area contributed by atoms with E-state index < -0.39 is 5.82 Å². The second-order valence-electron chi connectivity index (χ2n) is 8.02. The van der Waals surface area contributed by atoms with E-state index in [2.05, 4.69) is 9.97 Å². The predicted octanol–water partition coefficient (Wildman–Crippen LogP) is 2.95. The summed E-state index contributed by atoms with van der Waals surface area (Å²) in [5.74, 6) is 0.0416. The molecule has 2 atom stereocenters. The van der Waals surface area contributed by atoms with E-state index in [9.17, 15) is 14.0 Å². The Kier molecular flexibility index (Phi) is 4.12. The van der Waals surface area contributed by atoms with Crippen LogP contribution in [0.1, 0.15) is 34.0 Å². The molecule has 3 aromatic rings. The van der Waals surface area contributed by atoms with Gasteiger partial charge in [0.25, 0.3) is 11.5 Å². The molecule has 1 saturated heterocycles. The van der Waals surface area contributed by atoms with E-state index in [1.807, 2.05) is 10.6 Å². The van der Waals surface area contributed by atoms with Crippen molar-refractivity contribution in [1.82, 2.24) is 19.4 Å². The van der Waals surface area contributed by atoms with Crippen LogP contribution in [0.3, 0.4) is 0 Å². The van der Waals surface area contributed by atoms with E-state index in [1.54, 1.807) is 42.4 Å². The zero-order valence-electron chi connectivity index (χ0n) is 16.1. The molecular weight excluding hydrogens is 371 g/mol. The van der Waals surface area contributed by atoms with Gasteiger partial charge in [-0.15, -0.1) is 0 Å². The number of likely N-dealkylation sites (tertiary alicyclic amines) is 1. The summed E-state index contributed by atoms with van der Waals surface area (Å²) in [5.41, 5.74) is 2.32. The number of halogens is 1. The lowest BCUT2D eigenvalue weighted by Crippen LogP contribution is -2.49. The Labute approximate surface area is 167 Å². The van der Waals surface area contributed by atoms with Crippen molar-refractivity contribution in [3.63, 3.8) is 0 Å². The molecular formula is C22H21FN4O2. The number of rotatable bonds is 2. The van der Waals surface area contributed by atoms with E-state index in [1.165, 1.54) is 6.07 Å². The highest BCUT2D eigenvalue weighted by molar-refractivity contribution is 5.94. The van der Waals surface area contributed by atoms with Crippen LogP contribution in [-0.4, -0.2) is 38.4 Å². The van der Waals surface area contributed by atoms with Gasteiger partial charge in [0.2, 0.25) is 0 Å². The maximum absolute atomic E-state index is 14.3. The summed E-state index contributed by atoms with van der Waals surface area (Å²) in [6.45, 7) is 3.37. The Morgan fingerprint density at radius 3 is 2.83 bits per heavy atom. The number of fused-ring (bicyclic) bond motifs is 4. The molecule has 1 amide bonds. The number of H-pyrrole nitrogens is 1. The summed E-state index contributed by atoms with van der Waals surface area (Å²) in [5, 5.41) is 0. The van der Waals surface area contributed by atoms with Crippen LogP contribution < -0.4 is 5.56 Å². The van der Waals surface area contributed by atoms with Crippen molar-refractivity contribution < 1.29 is 9.18 Å². The zero-order valence-corrected chi connectivity index (χ0v) is 16.1. The molecule has 5 rings (SSSR count). The fourth-order valence-corrected chi connectivity index (χ4v) is 4.67. The smallest absolute Gasteiger partial charge is 0.261 e. The third kappa shape index (κ3) is 2.97. The van der Waals surface area contributed by atoms with Crippen LogP contribution in [0, 0.1) is 18.7 Å². The van der Waals surface area contributed by atoms with Gasteiger partial charge in [0, 0.05) is 43.6 Å². The molecule has 7 heteroatoms. The Hall–Kier alpha value is -3.22. The Morgan fingerprint density at radius 1 is 1.21 bits per heavy atom. The maximum atomic E-state index is 14.3. The Balaban J connectivity index is 1.46. The first-order chi connectivity index (χ1) is 14.0. The van der Waals surface area contributed by atoms with Crippen LogP contribution in [-0.2, 0) is 6.54 Å². The fraction of sp³-hybridized carbons (Fsp3) is 0.318. The van der Waals surface area contributed by atoms with Gasteiger partial charge in [-0.1, -0.05) is 6.07 Å². The number of nitrogens with one attached hydrogen (secondary N) is 1. The van der Waals surface area contributed by atoms with Gasteiger partial charge in [-0.05, 0) is 49.1 Å². The van der Waals surface area contributed by atoms with Gasteiger partial charge in [-0.25, -0.2) is 9.37 Å². The summed E-state index contributed by atoms with van der Waals surface area (Å²) in [6, 6.07) is 8.47. The second kappa shape index (κ2) is 6.69. The minimum Gasteiger partial charge on any atom is -0.344 e. The van der Waals surface area contributed by atoms with Crippen molar-refractivity contribution in [3.05, 3.63) is 75.7 Å². The molecule has 148 valence electrons. The molecule has 2 aliphatic heterocycles. The third-order valence-electron chi connectivity index (χ3n) is 6.00. The zero-order chi connectivity index (χ0) is 20.1. The predicted molar refractivity (Wildman–Crippen MR) is 106 cm³/mol. The van der Waals surface area contributed by atoms with E-state index in [4.69, 9.17) is 0 Å². The molecule has 1 fully saturated rings. The van der Waals surface area contributed by atoms with E-state index in [0.717, 1.165) is 17.7 Å². The molecule has 6 nitrogen and oxygen atoms in total. The molecule has 29 heavy (non-hydrogen) atoms. The number of pyridine rings is 1. The third-order valence-corrected chi connectivity index (χ3v) is 6.00. The molecule has 1 N–H and O–H groups in total. The minimum atomic E-state index is -0.481. The lowest BCUT2D eigenvalue weighted by Gasteiger charge is -2.43. The quantitative estimate of drug-likeness (QED) is 0.729. The molecule has 0 saturated carbocycles. The fourth-order valence-electron chi connectivity index (χ4n) is 4.67. The molecule has 1 aromatic carbocycles. The minimum absolute atomic E-state index is 0.0588. The molecule has 2 aliphatic rings. The van der Waals surface area contributed by atoms with E-state index >= 15 is 0 Å². The molecule has 2 aromatic heterocycles. The topological polar surface area (TPSA) is 71.0 Å². The van der Waals surface area contributed by atoms with Gasteiger partial charge in [0.1, 0.15) is 11.6 Å². The lowest BCUT2D eigenvalue weighted by atomic mass is 9.82. The molecule has 0 unspecified atom stereocenters. The van der Waals surface area contributed by atoms with Crippen molar-refractivity contribution in [2.75, 3.05) is 13.1 Å². The van der Waals surface area contributed by atoms with Crippen LogP contribution in [0.25, 0.3) is 11.4 Å². The Morgan fingerprint density at radius 2 is 2.07 bits per heavy atom. The van der Waals surface area contributed by atoms with Crippen LogP contribution in [0.2, 0.25) is 0 Å². The first-order valence-corrected chi connectivity index (χ1v) is 9.80. The number of carbonyl (C=O) groups is 1. The number of imidazole rings is 1. The van der Waals surface area contributed by atoms with Gasteiger partial charge < -0.3 is 14.5 Å². The summed E-state index contributed by atoms with van der Waals surface area (Å²) in [7, 11) is 0. The second-order valence-corrected chi connectivity index (χ2v) is 8.02. The molecule has 0 aliphatic carbocycles. The van der Waals surface area contributed by atoms with Gasteiger partial charge >= 0.3 is 0 Å². The van der Waals surface area contributed by atoms with Crippen molar-refractivity contribution >= 4 is 5.91 Å². The number of aromatic nitrogens is 3. The molecule has 2 bridgehead atoms. The number of hydrogen-bond donors (Lipinski definition) is 1. The SMILES string of the molecule is Cc1ccc(C(=O)N2C[C@@H]3C[C@H](C2)c2ccc(-c4ncc[nH]4)c(=O)n2C3)c(F)c1. The van der Waals surface area contributed by atoms with Crippen LogP contribution in [0.5, 0.6) is 0 Å². The highest BCUT2D eigenvalue weighted by atomic mass is 19.1. The van der Waals surface area contributed by atoms with E-state index in [0.29, 0.717) is 31.0 Å². The molecule has 0 spiro atoms. The normalized spacial score (nSPS) is 20.4. The number of benzene rings is 1. The first kappa shape index (κ1) is 17.8. The van der Waals surface area contributed by atoms with Gasteiger partial charge in [-0.2, -0.15) is 0 Å². The summed E-state index contributed by atoms with van der Waals surface area (Å²) < 4.78 is 16.1. The lowest BCUT2D eigenvalue weighted by molar-refractivity contribution is 0.0590. The maximum Gasteiger partial charge on any atom is 0.261 e. The number of piperidine rings is 1. The van der Waals surface area contributed by atoms with Gasteiger partial charge in [0.05, 0.1) is 11.1 Å². The number of aromatic amines is 1. The average molecular weight is 392 g/mol. The molecule has 0 radical (unpaired) electrons. The van der Waals surface area contributed by atoms with E-state index in [-0.39, 0.29) is 28.9 Å². The summed E-state index contributed by atoms with van der Waals surface area (Å²) in [4.78, 5) is 34.9. The number of amides is 1. The summed E-state index contributed by atoms with van der Waals surface area (Å²) in [6.07, 6.45) is 4.25. The largest absolute Gasteiger partial charge is 0.344 e. The summed E-state index contributed by atoms with van der Waals surface area (Å²) >= 11 is 0. The highest BCUT2D eigenvalue weighted by Crippen LogP contribution is 2.36. The van der Waals surface area contributed by atoms with Crippen molar-refractivity contribution in [3.8, 4) is 11.4 Å². The number of hydrogen-bond acceptors (Lipinski definition) is 3. The van der Waals surface area contributed by atoms with Crippen LogP contribution in [0.15, 0.2) is 47.5 Å². The van der Waals surface area contributed by atoms with Gasteiger partial charge in [0.15, 0.2) is 0 Å². The average Bonchev–Trinajstić information content (AvgIpc) is 3.23. The van der Waals surface area contributed by atoms with Crippen molar-refractivity contribution in [1.29, 1.82) is 0 Å². The van der Waals surface area contributed by atoms with Crippen LogP contribution in [0.4, 0.5) is 4.39 Å². The van der Waals surface area contributed by atoms with Gasteiger partial charge in [-0.3, -0.25) is 9.59 Å².